The van der Waals surface area contributed by atoms with Crippen molar-refractivity contribution >= 4 is 5.91 Å². The molecule has 1 rings (SSSR count). The number of amides is 1. The lowest BCUT2D eigenvalue weighted by Gasteiger charge is -2.14. The van der Waals surface area contributed by atoms with Gasteiger partial charge in [0.25, 0.3) is 0 Å². The number of rotatable bonds is 6. The Hall–Kier alpha value is -1.86. The van der Waals surface area contributed by atoms with Crippen LogP contribution in [0.2, 0.25) is 0 Å². The summed E-state index contributed by atoms with van der Waals surface area (Å²) in [5.74, 6) is -0.0176. The summed E-state index contributed by atoms with van der Waals surface area (Å²) < 4.78 is 0. The van der Waals surface area contributed by atoms with E-state index in [1.54, 1.807) is 0 Å². The first-order valence-corrected chi connectivity index (χ1v) is 5.99. The molecule has 0 aliphatic rings. The Morgan fingerprint density at radius 3 is 2.67 bits per heavy atom. The van der Waals surface area contributed by atoms with Crippen molar-refractivity contribution in [3.05, 3.63) is 35.4 Å². The quantitative estimate of drug-likeness (QED) is 0.825. The molecular weight excluding hydrogens is 226 g/mol. The van der Waals surface area contributed by atoms with Crippen LogP contribution in [0.15, 0.2) is 24.3 Å². The zero-order chi connectivity index (χ0) is 13.4. The summed E-state index contributed by atoms with van der Waals surface area (Å²) in [6.07, 6.45) is 0.446. The SMILES string of the molecule is Cc1ccc(CNC(=O)CN(C)CCC#N)cc1. The van der Waals surface area contributed by atoms with Crippen LogP contribution in [0.4, 0.5) is 0 Å². The lowest BCUT2D eigenvalue weighted by atomic mass is 10.1. The van der Waals surface area contributed by atoms with Gasteiger partial charge in [0.1, 0.15) is 0 Å². The Morgan fingerprint density at radius 1 is 1.39 bits per heavy atom. The predicted molar refractivity (Wildman–Crippen MR) is 70.8 cm³/mol. The second-order valence-electron chi connectivity index (χ2n) is 4.41. The second kappa shape index (κ2) is 7.46. The van der Waals surface area contributed by atoms with Crippen molar-refractivity contribution < 1.29 is 4.79 Å². The molecule has 1 aromatic rings. The van der Waals surface area contributed by atoms with E-state index in [2.05, 4.69) is 11.4 Å². The number of hydrogen-bond acceptors (Lipinski definition) is 3. The van der Waals surface area contributed by atoms with E-state index in [1.807, 2.05) is 43.1 Å². The molecule has 1 amide bonds. The van der Waals surface area contributed by atoms with Crippen molar-refractivity contribution in [2.24, 2.45) is 0 Å². The summed E-state index contributed by atoms with van der Waals surface area (Å²) in [6.45, 7) is 3.53. The molecule has 4 nitrogen and oxygen atoms in total. The standard InChI is InChI=1S/C14H19N3O/c1-12-4-6-13(7-5-12)10-16-14(18)11-17(2)9-3-8-15/h4-7H,3,9-11H2,1-2H3,(H,16,18). The van der Waals surface area contributed by atoms with Gasteiger partial charge in [-0.1, -0.05) is 29.8 Å². The first-order valence-electron chi connectivity index (χ1n) is 5.99. The van der Waals surface area contributed by atoms with Crippen molar-refractivity contribution in [3.8, 4) is 6.07 Å². The molecule has 0 unspecified atom stereocenters. The number of nitrogens with zero attached hydrogens (tertiary/aromatic N) is 2. The Labute approximate surface area is 108 Å². The summed E-state index contributed by atoms with van der Waals surface area (Å²) in [5, 5.41) is 11.3. The van der Waals surface area contributed by atoms with Crippen LogP contribution in [0.3, 0.4) is 0 Å². The minimum Gasteiger partial charge on any atom is -0.351 e. The lowest BCUT2D eigenvalue weighted by molar-refractivity contribution is -0.122. The average molecular weight is 245 g/mol. The van der Waals surface area contributed by atoms with Crippen molar-refractivity contribution in [1.82, 2.24) is 10.2 Å². The summed E-state index contributed by atoms with van der Waals surface area (Å²) >= 11 is 0. The average Bonchev–Trinajstić information content (AvgIpc) is 2.35. The summed E-state index contributed by atoms with van der Waals surface area (Å²) in [4.78, 5) is 13.5. The van der Waals surface area contributed by atoms with Gasteiger partial charge in [-0.05, 0) is 19.5 Å². The molecule has 96 valence electrons. The number of nitriles is 1. The number of benzene rings is 1. The van der Waals surface area contributed by atoms with Gasteiger partial charge in [0.15, 0.2) is 0 Å². The Bertz CT molecular complexity index is 420. The van der Waals surface area contributed by atoms with Gasteiger partial charge in [-0.25, -0.2) is 0 Å². The van der Waals surface area contributed by atoms with E-state index in [-0.39, 0.29) is 5.91 Å². The first kappa shape index (κ1) is 14.2. The molecule has 0 aliphatic carbocycles. The number of carbonyl (C=O) groups is 1. The summed E-state index contributed by atoms with van der Waals surface area (Å²) in [7, 11) is 1.84. The van der Waals surface area contributed by atoms with E-state index in [0.717, 1.165) is 5.56 Å². The highest BCUT2D eigenvalue weighted by atomic mass is 16.2. The predicted octanol–water partition coefficient (Wildman–Crippen LogP) is 1.46. The molecule has 0 saturated heterocycles. The number of likely N-dealkylation sites (N-methyl/N-ethyl adjacent to an activating group) is 1. The third kappa shape index (κ3) is 5.46. The fraction of sp³-hybridized carbons (Fsp3) is 0.429. The van der Waals surface area contributed by atoms with E-state index in [9.17, 15) is 4.79 Å². The first-order chi connectivity index (χ1) is 8.61. The normalized spacial score (nSPS) is 10.1. The molecule has 1 aromatic carbocycles. The van der Waals surface area contributed by atoms with Crippen LogP contribution in [-0.4, -0.2) is 30.9 Å². The van der Waals surface area contributed by atoms with E-state index in [0.29, 0.717) is 26.1 Å². The number of aryl methyl sites for hydroxylation is 1. The Morgan fingerprint density at radius 2 is 2.06 bits per heavy atom. The van der Waals surface area contributed by atoms with Gasteiger partial charge in [-0.15, -0.1) is 0 Å². The van der Waals surface area contributed by atoms with Crippen LogP contribution in [0.1, 0.15) is 17.5 Å². The molecule has 0 spiro atoms. The fourth-order valence-corrected chi connectivity index (χ4v) is 1.53. The molecule has 0 heterocycles. The van der Waals surface area contributed by atoms with Crippen LogP contribution < -0.4 is 5.32 Å². The van der Waals surface area contributed by atoms with Crippen LogP contribution in [0, 0.1) is 18.3 Å². The number of carbonyl (C=O) groups excluding carboxylic acids is 1. The topological polar surface area (TPSA) is 56.1 Å². The summed E-state index contributed by atoms with van der Waals surface area (Å²) in [6, 6.07) is 10.1. The van der Waals surface area contributed by atoms with Gasteiger partial charge in [-0.2, -0.15) is 5.26 Å². The fourth-order valence-electron chi connectivity index (χ4n) is 1.53. The lowest BCUT2D eigenvalue weighted by Crippen LogP contribution is -2.35. The largest absolute Gasteiger partial charge is 0.351 e. The number of nitrogens with one attached hydrogen (secondary N) is 1. The van der Waals surface area contributed by atoms with Crippen LogP contribution >= 0.6 is 0 Å². The molecule has 0 aliphatic heterocycles. The van der Waals surface area contributed by atoms with Gasteiger partial charge in [0, 0.05) is 19.5 Å². The molecule has 0 fully saturated rings. The number of hydrogen-bond donors (Lipinski definition) is 1. The monoisotopic (exact) mass is 245 g/mol. The Balaban J connectivity index is 2.29. The maximum atomic E-state index is 11.6. The van der Waals surface area contributed by atoms with Gasteiger partial charge in [0.05, 0.1) is 12.6 Å². The minimum absolute atomic E-state index is 0.0176. The molecule has 0 radical (unpaired) electrons. The van der Waals surface area contributed by atoms with E-state index < -0.39 is 0 Å². The molecule has 0 saturated carbocycles. The highest BCUT2D eigenvalue weighted by molar-refractivity contribution is 5.77. The van der Waals surface area contributed by atoms with E-state index >= 15 is 0 Å². The van der Waals surface area contributed by atoms with Gasteiger partial charge in [0.2, 0.25) is 5.91 Å². The van der Waals surface area contributed by atoms with E-state index in [4.69, 9.17) is 5.26 Å². The molecule has 0 atom stereocenters. The third-order valence-corrected chi connectivity index (χ3v) is 2.63. The van der Waals surface area contributed by atoms with Crippen LogP contribution in [-0.2, 0) is 11.3 Å². The molecule has 0 bridgehead atoms. The smallest absolute Gasteiger partial charge is 0.234 e. The zero-order valence-electron chi connectivity index (χ0n) is 10.9. The molecule has 1 N–H and O–H groups in total. The van der Waals surface area contributed by atoms with E-state index in [1.165, 1.54) is 5.56 Å². The molecule has 4 heteroatoms. The van der Waals surface area contributed by atoms with Crippen molar-refractivity contribution in [2.75, 3.05) is 20.1 Å². The van der Waals surface area contributed by atoms with Gasteiger partial charge < -0.3 is 5.32 Å². The molecular formula is C14H19N3O. The van der Waals surface area contributed by atoms with Crippen molar-refractivity contribution in [1.29, 1.82) is 5.26 Å². The maximum Gasteiger partial charge on any atom is 0.234 e. The zero-order valence-corrected chi connectivity index (χ0v) is 10.9. The van der Waals surface area contributed by atoms with Crippen LogP contribution in [0.5, 0.6) is 0 Å². The maximum absolute atomic E-state index is 11.6. The Kier molecular flexibility index (Phi) is 5.89. The van der Waals surface area contributed by atoms with Crippen molar-refractivity contribution in [2.45, 2.75) is 19.9 Å². The molecule has 0 aromatic heterocycles. The highest BCUT2D eigenvalue weighted by Gasteiger charge is 2.05. The molecule has 18 heavy (non-hydrogen) atoms. The second-order valence-corrected chi connectivity index (χ2v) is 4.41. The van der Waals surface area contributed by atoms with Gasteiger partial charge >= 0.3 is 0 Å². The van der Waals surface area contributed by atoms with Crippen LogP contribution in [0.25, 0.3) is 0 Å². The minimum atomic E-state index is -0.0176. The summed E-state index contributed by atoms with van der Waals surface area (Å²) in [5.41, 5.74) is 2.30. The highest BCUT2D eigenvalue weighted by Crippen LogP contribution is 2.02. The third-order valence-electron chi connectivity index (χ3n) is 2.63. The van der Waals surface area contributed by atoms with Gasteiger partial charge in [-0.3, -0.25) is 9.69 Å². The van der Waals surface area contributed by atoms with Crippen molar-refractivity contribution in [3.63, 3.8) is 0 Å².